The van der Waals surface area contributed by atoms with Gasteiger partial charge in [0.1, 0.15) is 5.75 Å². The predicted molar refractivity (Wildman–Crippen MR) is 90.4 cm³/mol. The maximum absolute atomic E-state index is 12.4. The summed E-state index contributed by atoms with van der Waals surface area (Å²) in [5, 5.41) is 2.43. The molecule has 144 valence electrons. The van der Waals surface area contributed by atoms with Gasteiger partial charge in [0.15, 0.2) is 0 Å². The summed E-state index contributed by atoms with van der Waals surface area (Å²) in [4.78, 5) is 11.3. The number of anilines is 1. The molecule has 0 unspecified atom stereocenters. The fraction of sp³-hybridized carbons (Fsp3) is 0.118. The van der Waals surface area contributed by atoms with Gasteiger partial charge in [-0.05, 0) is 48.0 Å². The van der Waals surface area contributed by atoms with Crippen molar-refractivity contribution in [3.8, 4) is 5.75 Å². The van der Waals surface area contributed by atoms with Gasteiger partial charge in [-0.2, -0.15) is 17.6 Å². The van der Waals surface area contributed by atoms with Crippen molar-refractivity contribution in [2.24, 2.45) is 0 Å². The quantitative estimate of drug-likeness (QED) is 0.562. The van der Waals surface area contributed by atoms with Gasteiger partial charge in [-0.3, -0.25) is 4.79 Å². The van der Waals surface area contributed by atoms with Crippen molar-refractivity contribution >= 4 is 27.5 Å². The fourth-order valence-corrected chi connectivity index (χ4v) is 2.67. The van der Waals surface area contributed by atoms with E-state index in [0.717, 1.165) is 18.2 Å². The highest BCUT2D eigenvalue weighted by molar-refractivity contribution is 7.91. The van der Waals surface area contributed by atoms with E-state index >= 15 is 0 Å². The molecule has 0 aromatic heterocycles. The van der Waals surface area contributed by atoms with Crippen LogP contribution in [0.5, 0.6) is 5.75 Å². The number of nitrogens with one attached hydrogen (secondary N) is 1. The summed E-state index contributed by atoms with van der Waals surface area (Å²) in [7, 11) is -4.70. The average Bonchev–Trinajstić information content (AvgIpc) is 2.61. The predicted octanol–water partition coefficient (Wildman–Crippen LogP) is 3.94. The Kier molecular flexibility index (Phi) is 6.56. The molecule has 1 amide bonds. The SMILES string of the molecule is O=C(/C=C/c1ccc(OC(F)F)cc1)Nc1ccc(S(=O)(=O)C(F)F)cc1. The Hall–Kier alpha value is -2.88. The first-order valence-electron chi connectivity index (χ1n) is 7.34. The van der Waals surface area contributed by atoms with E-state index in [0.29, 0.717) is 5.56 Å². The average molecular weight is 403 g/mol. The number of carbonyl (C=O) groups is 1. The van der Waals surface area contributed by atoms with Gasteiger partial charge in [-0.1, -0.05) is 12.1 Å². The zero-order chi connectivity index (χ0) is 20.0. The number of ether oxygens (including phenoxy) is 1. The summed E-state index contributed by atoms with van der Waals surface area (Å²) in [6.07, 6.45) is 2.57. The van der Waals surface area contributed by atoms with Gasteiger partial charge < -0.3 is 10.1 Å². The summed E-state index contributed by atoms with van der Waals surface area (Å²) in [5.74, 6) is -4.11. The summed E-state index contributed by atoms with van der Waals surface area (Å²) < 4.78 is 75.8. The van der Waals surface area contributed by atoms with Crippen LogP contribution >= 0.6 is 0 Å². The van der Waals surface area contributed by atoms with Crippen molar-refractivity contribution in [1.82, 2.24) is 0 Å². The van der Waals surface area contributed by atoms with Crippen LogP contribution in [0, 0.1) is 0 Å². The van der Waals surface area contributed by atoms with Crippen LogP contribution in [0.4, 0.5) is 23.2 Å². The second-order valence-corrected chi connectivity index (χ2v) is 7.02. The lowest BCUT2D eigenvalue weighted by Crippen LogP contribution is -2.12. The molecule has 2 aromatic carbocycles. The highest BCUT2D eigenvalue weighted by Gasteiger charge is 2.26. The van der Waals surface area contributed by atoms with Crippen LogP contribution in [0.1, 0.15) is 5.56 Å². The molecule has 0 bridgehead atoms. The molecule has 0 saturated carbocycles. The summed E-state index contributed by atoms with van der Waals surface area (Å²) in [6, 6.07) is 9.83. The van der Waals surface area contributed by atoms with E-state index in [1.165, 1.54) is 42.5 Å². The molecule has 2 aromatic rings. The molecular weight excluding hydrogens is 390 g/mol. The number of sulfone groups is 1. The smallest absolute Gasteiger partial charge is 0.387 e. The van der Waals surface area contributed by atoms with E-state index in [1.807, 2.05) is 0 Å². The molecular formula is C17H13F4NO4S. The maximum Gasteiger partial charge on any atom is 0.387 e. The first-order chi connectivity index (χ1) is 12.7. The molecule has 0 saturated heterocycles. The van der Waals surface area contributed by atoms with Crippen LogP contribution in [0.25, 0.3) is 6.08 Å². The standard InChI is InChI=1S/C17H13F4NO4S/c18-16(19)26-13-6-1-11(2-7-13)3-10-15(23)22-12-4-8-14(9-5-12)27(24,25)17(20)21/h1-10,16-17H,(H,22,23)/b10-3+. The van der Waals surface area contributed by atoms with Crippen molar-refractivity contribution in [2.75, 3.05) is 5.32 Å². The molecule has 0 atom stereocenters. The van der Waals surface area contributed by atoms with Gasteiger partial charge in [-0.25, -0.2) is 8.42 Å². The third-order valence-corrected chi connectivity index (χ3v) is 4.62. The van der Waals surface area contributed by atoms with Crippen LogP contribution in [0.3, 0.4) is 0 Å². The molecule has 5 nitrogen and oxygen atoms in total. The van der Waals surface area contributed by atoms with Gasteiger partial charge in [-0.15, -0.1) is 0 Å². The van der Waals surface area contributed by atoms with Gasteiger partial charge >= 0.3 is 12.4 Å². The van der Waals surface area contributed by atoms with E-state index in [-0.39, 0.29) is 11.4 Å². The first-order valence-corrected chi connectivity index (χ1v) is 8.89. The van der Waals surface area contributed by atoms with Crippen LogP contribution in [-0.2, 0) is 14.6 Å². The van der Waals surface area contributed by atoms with Crippen LogP contribution in [-0.4, -0.2) is 26.7 Å². The van der Waals surface area contributed by atoms with Crippen molar-refractivity contribution in [2.45, 2.75) is 17.3 Å². The maximum atomic E-state index is 12.4. The van der Waals surface area contributed by atoms with Crippen LogP contribution < -0.4 is 10.1 Å². The van der Waals surface area contributed by atoms with Crippen LogP contribution in [0.15, 0.2) is 59.5 Å². The largest absolute Gasteiger partial charge is 0.435 e. The zero-order valence-electron chi connectivity index (χ0n) is 13.5. The molecule has 0 aliphatic heterocycles. The van der Waals surface area contributed by atoms with Crippen LogP contribution in [0.2, 0.25) is 0 Å². The Bertz CT molecular complexity index is 911. The Morgan fingerprint density at radius 3 is 2.07 bits per heavy atom. The minimum absolute atomic E-state index is 0.0227. The third kappa shape index (κ3) is 5.81. The Morgan fingerprint density at radius 1 is 0.963 bits per heavy atom. The highest BCUT2D eigenvalue weighted by atomic mass is 32.2. The molecule has 0 spiro atoms. The number of hydrogen-bond acceptors (Lipinski definition) is 4. The second-order valence-electron chi connectivity index (χ2n) is 5.10. The Balaban J connectivity index is 1.98. The van der Waals surface area contributed by atoms with Crippen molar-refractivity contribution in [3.05, 3.63) is 60.2 Å². The molecule has 0 aliphatic carbocycles. The monoisotopic (exact) mass is 403 g/mol. The van der Waals surface area contributed by atoms with E-state index in [2.05, 4.69) is 10.1 Å². The number of halogens is 4. The molecule has 0 aliphatic rings. The van der Waals surface area contributed by atoms with Gasteiger partial charge in [0, 0.05) is 11.8 Å². The fourth-order valence-electron chi connectivity index (χ4n) is 1.95. The van der Waals surface area contributed by atoms with E-state index < -0.39 is 33.0 Å². The molecule has 1 N–H and O–H groups in total. The van der Waals surface area contributed by atoms with Gasteiger partial charge in [0.05, 0.1) is 4.90 Å². The van der Waals surface area contributed by atoms with Crippen molar-refractivity contribution < 1.29 is 35.5 Å². The number of carbonyl (C=O) groups excluding carboxylic acids is 1. The molecule has 27 heavy (non-hydrogen) atoms. The number of rotatable bonds is 7. The number of hydrogen-bond donors (Lipinski definition) is 1. The Labute approximate surface area is 152 Å². The summed E-state index contributed by atoms with van der Waals surface area (Å²) in [5.41, 5.74) is 0.753. The van der Waals surface area contributed by atoms with Gasteiger partial charge in [0.2, 0.25) is 15.7 Å². The zero-order valence-corrected chi connectivity index (χ0v) is 14.3. The number of amides is 1. The van der Waals surface area contributed by atoms with Gasteiger partial charge in [0.25, 0.3) is 0 Å². The van der Waals surface area contributed by atoms with E-state index in [1.54, 1.807) is 0 Å². The number of benzene rings is 2. The molecule has 10 heteroatoms. The van der Waals surface area contributed by atoms with Crippen molar-refractivity contribution in [3.63, 3.8) is 0 Å². The first kappa shape index (κ1) is 20.4. The lowest BCUT2D eigenvalue weighted by atomic mass is 10.2. The molecule has 0 heterocycles. The lowest BCUT2D eigenvalue weighted by Gasteiger charge is -2.06. The summed E-state index contributed by atoms with van der Waals surface area (Å²) in [6.45, 7) is -2.93. The lowest BCUT2D eigenvalue weighted by molar-refractivity contribution is -0.111. The Morgan fingerprint density at radius 2 is 1.56 bits per heavy atom. The highest BCUT2D eigenvalue weighted by Crippen LogP contribution is 2.20. The summed E-state index contributed by atoms with van der Waals surface area (Å²) >= 11 is 0. The molecule has 2 rings (SSSR count). The number of alkyl halides is 4. The minimum Gasteiger partial charge on any atom is -0.435 e. The molecule has 0 radical (unpaired) electrons. The normalized spacial score (nSPS) is 11.9. The van der Waals surface area contributed by atoms with Crippen molar-refractivity contribution in [1.29, 1.82) is 0 Å². The van der Waals surface area contributed by atoms with E-state index in [9.17, 15) is 30.8 Å². The third-order valence-electron chi connectivity index (χ3n) is 3.22. The second kappa shape index (κ2) is 8.67. The topological polar surface area (TPSA) is 72.5 Å². The van der Waals surface area contributed by atoms with E-state index in [4.69, 9.17) is 0 Å². The minimum atomic E-state index is -4.70. The molecule has 0 fully saturated rings.